The molecule has 0 aliphatic rings. The van der Waals surface area contributed by atoms with Crippen LogP contribution in [0.3, 0.4) is 0 Å². The molecule has 2 rings (SSSR count). The number of sulfone groups is 1. The average molecular weight is 313 g/mol. The Labute approximate surface area is 120 Å². The van der Waals surface area contributed by atoms with Gasteiger partial charge in [0.15, 0.2) is 0 Å². The van der Waals surface area contributed by atoms with E-state index < -0.39 is 15.8 Å². The van der Waals surface area contributed by atoms with Gasteiger partial charge in [-0.3, -0.25) is 0 Å². The summed E-state index contributed by atoms with van der Waals surface area (Å²) in [5.74, 6) is -1.32. The van der Waals surface area contributed by atoms with Gasteiger partial charge in [0.1, 0.15) is 5.75 Å². The molecule has 0 aliphatic heterocycles. The van der Waals surface area contributed by atoms with Gasteiger partial charge in [-0.1, -0.05) is 11.6 Å². The van der Waals surface area contributed by atoms with Crippen LogP contribution in [0.1, 0.15) is 10.4 Å². The normalized spacial score (nSPS) is 11.2. The van der Waals surface area contributed by atoms with E-state index in [1.54, 1.807) is 0 Å². The molecule has 2 N–H and O–H groups in total. The van der Waals surface area contributed by atoms with Gasteiger partial charge in [-0.25, -0.2) is 13.2 Å². The number of aromatic hydroxyl groups is 1. The number of carbonyl (C=O) groups is 1. The second kappa shape index (κ2) is 5.15. The van der Waals surface area contributed by atoms with Crippen molar-refractivity contribution in [3.8, 4) is 5.75 Å². The summed E-state index contributed by atoms with van der Waals surface area (Å²) < 4.78 is 24.8. The maximum Gasteiger partial charge on any atom is 0.335 e. The molecule has 0 fully saturated rings. The number of rotatable bonds is 3. The Morgan fingerprint density at radius 1 is 1.05 bits per heavy atom. The molecule has 5 nitrogen and oxygen atoms in total. The van der Waals surface area contributed by atoms with Gasteiger partial charge in [-0.15, -0.1) is 0 Å². The van der Waals surface area contributed by atoms with Crippen molar-refractivity contribution in [2.24, 2.45) is 0 Å². The minimum absolute atomic E-state index is 0.0666. The predicted octanol–water partition coefficient (Wildman–Crippen LogP) is 2.58. The Hall–Kier alpha value is -2.05. The third kappa shape index (κ3) is 2.61. The number of carboxylic acid groups (broad SMARTS) is 1. The molecular formula is C13H9ClO5S. The molecule has 7 heteroatoms. The second-order valence-corrected chi connectivity index (χ2v) is 6.27. The summed E-state index contributed by atoms with van der Waals surface area (Å²) in [6, 6.07) is 8.33. The van der Waals surface area contributed by atoms with Gasteiger partial charge in [0.05, 0.1) is 20.4 Å². The molecule has 2 aromatic carbocycles. The van der Waals surface area contributed by atoms with Crippen molar-refractivity contribution < 1.29 is 23.4 Å². The van der Waals surface area contributed by atoms with Gasteiger partial charge in [0, 0.05) is 0 Å². The van der Waals surface area contributed by atoms with Crippen molar-refractivity contribution in [3.05, 3.63) is 53.1 Å². The van der Waals surface area contributed by atoms with Crippen LogP contribution in [0.5, 0.6) is 5.75 Å². The number of phenols is 1. The summed E-state index contributed by atoms with van der Waals surface area (Å²) in [5, 5.41) is 18.0. The van der Waals surface area contributed by atoms with Crippen LogP contribution in [0, 0.1) is 0 Å². The Balaban J connectivity index is 2.62. The largest absolute Gasteiger partial charge is 0.508 e. The van der Waals surface area contributed by atoms with Gasteiger partial charge in [0.2, 0.25) is 9.84 Å². The molecule has 0 unspecified atom stereocenters. The Bertz CT molecular complexity index is 766. The quantitative estimate of drug-likeness (QED) is 0.908. The summed E-state index contributed by atoms with van der Waals surface area (Å²) in [6.45, 7) is 0. The van der Waals surface area contributed by atoms with Gasteiger partial charge in [0.25, 0.3) is 0 Å². The van der Waals surface area contributed by atoms with Crippen molar-refractivity contribution in [1.82, 2.24) is 0 Å². The van der Waals surface area contributed by atoms with E-state index in [1.807, 2.05) is 0 Å². The highest BCUT2D eigenvalue weighted by molar-refractivity contribution is 7.91. The van der Waals surface area contributed by atoms with E-state index in [9.17, 15) is 13.2 Å². The number of hydrogen-bond acceptors (Lipinski definition) is 4. The SMILES string of the molecule is O=C(O)c1ccc(Cl)c(S(=O)(=O)c2ccc(O)cc2)c1. The first-order chi connectivity index (χ1) is 9.32. The molecule has 0 amide bonds. The number of halogens is 1. The monoisotopic (exact) mass is 312 g/mol. The van der Waals surface area contributed by atoms with Crippen molar-refractivity contribution in [1.29, 1.82) is 0 Å². The summed E-state index contributed by atoms with van der Waals surface area (Å²) in [7, 11) is -3.95. The van der Waals surface area contributed by atoms with Crippen LogP contribution in [0.2, 0.25) is 5.02 Å². The Morgan fingerprint density at radius 2 is 1.65 bits per heavy atom. The molecule has 0 saturated heterocycles. The van der Waals surface area contributed by atoms with Crippen LogP contribution in [0.25, 0.3) is 0 Å². The van der Waals surface area contributed by atoms with Crippen LogP contribution < -0.4 is 0 Å². The van der Waals surface area contributed by atoms with Crippen molar-refractivity contribution in [3.63, 3.8) is 0 Å². The summed E-state index contributed by atoms with van der Waals surface area (Å²) in [5.41, 5.74) is -0.174. The summed E-state index contributed by atoms with van der Waals surface area (Å²) in [4.78, 5) is 10.5. The molecule has 20 heavy (non-hydrogen) atoms. The van der Waals surface area contributed by atoms with E-state index in [1.165, 1.54) is 36.4 Å². The molecule has 0 aromatic heterocycles. The zero-order chi connectivity index (χ0) is 14.9. The van der Waals surface area contributed by atoms with E-state index in [-0.39, 0.29) is 26.1 Å². The molecule has 0 radical (unpaired) electrons. The minimum atomic E-state index is -3.95. The first kappa shape index (κ1) is 14.4. The van der Waals surface area contributed by atoms with Crippen molar-refractivity contribution in [2.45, 2.75) is 9.79 Å². The predicted molar refractivity (Wildman–Crippen MR) is 72.0 cm³/mol. The van der Waals surface area contributed by atoms with Crippen molar-refractivity contribution >= 4 is 27.4 Å². The zero-order valence-corrected chi connectivity index (χ0v) is 11.5. The average Bonchev–Trinajstić information content (AvgIpc) is 2.39. The fourth-order valence-electron chi connectivity index (χ4n) is 1.59. The lowest BCUT2D eigenvalue weighted by atomic mass is 10.2. The van der Waals surface area contributed by atoms with Crippen molar-refractivity contribution in [2.75, 3.05) is 0 Å². The van der Waals surface area contributed by atoms with Crippen LogP contribution in [-0.4, -0.2) is 24.6 Å². The van der Waals surface area contributed by atoms with Crippen LogP contribution >= 0.6 is 11.6 Å². The lowest BCUT2D eigenvalue weighted by molar-refractivity contribution is 0.0696. The van der Waals surface area contributed by atoms with E-state index in [4.69, 9.17) is 21.8 Å². The highest BCUT2D eigenvalue weighted by atomic mass is 35.5. The number of benzene rings is 2. The molecule has 0 aliphatic carbocycles. The van der Waals surface area contributed by atoms with E-state index >= 15 is 0 Å². The molecule has 0 heterocycles. The summed E-state index contributed by atoms with van der Waals surface area (Å²) in [6.07, 6.45) is 0. The lowest BCUT2D eigenvalue weighted by Gasteiger charge is -2.07. The van der Waals surface area contributed by atoms with Crippen LogP contribution in [0.4, 0.5) is 0 Å². The molecule has 0 bridgehead atoms. The second-order valence-electron chi connectivity index (χ2n) is 3.95. The van der Waals surface area contributed by atoms with E-state index in [2.05, 4.69) is 0 Å². The lowest BCUT2D eigenvalue weighted by Crippen LogP contribution is -2.05. The zero-order valence-electron chi connectivity index (χ0n) is 9.95. The molecule has 2 aromatic rings. The molecule has 0 spiro atoms. The smallest absolute Gasteiger partial charge is 0.335 e. The van der Waals surface area contributed by atoms with Crippen LogP contribution in [0.15, 0.2) is 52.3 Å². The first-order valence-corrected chi connectivity index (χ1v) is 7.25. The minimum Gasteiger partial charge on any atom is -0.508 e. The van der Waals surface area contributed by atoms with E-state index in [0.717, 1.165) is 6.07 Å². The number of aromatic carboxylic acids is 1. The van der Waals surface area contributed by atoms with E-state index in [0.29, 0.717) is 0 Å². The fraction of sp³-hybridized carbons (Fsp3) is 0. The molecule has 0 atom stereocenters. The van der Waals surface area contributed by atoms with Crippen LogP contribution in [-0.2, 0) is 9.84 Å². The Kier molecular flexibility index (Phi) is 3.69. The third-order valence-corrected chi connectivity index (χ3v) is 4.87. The fourth-order valence-corrected chi connectivity index (χ4v) is 3.37. The summed E-state index contributed by atoms with van der Waals surface area (Å²) >= 11 is 5.85. The highest BCUT2D eigenvalue weighted by Gasteiger charge is 2.22. The number of carboxylic acids is 1. The Morgan fingerprint density at radius 3 is 2.20 bits per heavy atom. The molecule has 0 saturated carbocycles. The van der Waals surface area contributed by atoms with Gasteiger partial charge < -0.3 is 10.2 Å². The van der Waals surface area contributed by atoms with Gasteiger partial charge in [-0.05, 0) is 42.5 Å². The molecule has 104 valence electrons. The van der Waals surface area contributed by atoms with Gasteiger partial charge in [-0.2, -0.15) is 0 Å². The highest BCUT2D eigenvalue weighted by Crippen LogP contribution is 2.29. The molecular weight excluding hydrogens is 304 g/mol. The topological polar surface area (TPSA) is 91.7 Å². The van der Waals surface area contributed by atoms with Gasteiger partial charge >= 0.3 is 5.97 Å². The number of hydrogen-bond donors (Lipinski definition) is 2. The third-order valence-electron chi connectivity index (χ3n) is 2.61. The first-order valence-electron chi connectivity index (χ1n) is 5.39. The maximum atomic E-state index is 12.4. The number of phenolic OH excluding ortho intramolecular Hbond substituents is 1. The standard InChI is InChI=1S/C13H9ClO5S/c14-11-6-1-8(13(16)17)7-12(11)20(18,19)10-4-2-9(15)3-5-10/h1-7,15H,(H,16,17). The maximum absolute atomic E-state index is 12.4.